The molecule has 4 nitrogen and oxygen atoms in total. The lowest BCUT2D eigenvalue weighted by atomic mass is 10.1. The van der Waals surface area contributed by atoms with E-state index in [-0.39, 0.29) is 11.9 Å². The van der Waals surface area contributed by atoms with Crippen LogP contribution in [0.1, 0.15) is 17.5 Å². The van der Waals surface area contributed by atoms with Gasteiger partial charge < -0.3 is 14.3 Å². The third kappa shape index (κ3) is 2.02. The molecule has 2 heterocycles. The highest BCUT2D eigenvalue weighted by Gasteiger charge is 2.19. The van der Waals surface area contributed by atoms with Gasteiger partial charge in [-0.15, -0.1) is 0 Å². The van der Waals surface area contributed by atoms with E-state index in [0.29, 0.717) is 5.58 Å². The second-order valence-electron chi connectivity index (χ2n) is 4.48. The van der Waals surface area contributed by atoms with Crippen molar-refractivity contribution < 1.29 is 8.81 Å². The lowest BCUT2D eigenvalue weighted by Gasteiger charge is -2.13. The summed E-state index contributed by atoms with van der Waals surface area (Å²) in [6.07, 6.45) is 3.52. The number of halogens is 1. The number of nitrogens with one attached hydrogen (secondary N) is 1. The molecule has 19 heavy (non-hydrogen) atoms. The summed E-state index contributed by atoms with van der Waals surface area (Å²) in [6.45, 7) is 0. The highest BCUT2D eigenvalue weighted by Crippen LogP contribution is 2.28. The van der Waals surface area contributed by atoms with Gasteiger partial charge in [-0.05, 0) is 31.3 Å². The van der Waals surface area contributed by atoms with Gasteiger partial charge in [-0.1, -0.05) is 0 Å². The molecule has 1 aromatic carbocycles. The number of aryl methyl sites for hydroxylation is 1. The molecule has 0 amide bonds. The van der Waals surface area contributed by atoms with Crippen molar-refractivity contribution in [1.29, 1.82) is 0 Å². The van der Waals surface area contributed by atoms with Crippen LogP contribution < -0.4 is 5.32 Å². The number of hydrogen-bond acceptors (Lipinski definition) is 3. The minimum Gasteiger partial charge on any atom is -0.459 e. The fourth-order valence-electron chi connectivity index (χ4n) is 2.26. The first-order chi connectivity index (χ1) is 9.19. The smallest absolute Gasteiger partial charge is 0.134 e. The first kappa shape index (κ1) is 11.9. The van der Waals surface area contributed by atoms with E-state index in [9.17, 15) is 4.39 Å². The van der Waals surface area contributed by atoms with Crippen molar-refractivity contribution in [3.8, 4) is 0 Å². The highest BCUT2D eigenvalue weighted by atomic mass is 19.1. The van der Waals surface area contributed by atoms with Gasteiger partial charge in [-0.2, -0.15) is 0 Å². The molecule has 0 aliphatic rings. The largest absolute Gasteiger partial charge is 0.459 e. The van der Waals surface area contributed by atoms with Crippen molar-refractivity contribution in [1.82, 2.24) is 14.9 Å². The lowest BCUT2D eigenvalue weighted by molar-refractivity contribution is 0.478. The number of furan rings is 1. The zero-order valence-electron chi connectivity index (χ0n) is 10.7. The van der Waals surface area contributed by atoms with Crippen LogP contribution in [-0.4, -0.2) is 16.6 Å². The molecule has 2 aromatic heterocycles. The quantitative estimate of drug-likeness (QED) is 0.786. The van der Waals surface area contributed by atoms with Gasteiger partial charge in [0.15, 0.2) is 0 Å². The van der Waals surface area contributed by atoms with Gasteiger partial charge in [0.25, 0.3) is 0 Å². The molecule has 0 saturated heterocycles. The molecule has 0 saturated carbocycles. The van der Waals surface area contributed by atoms with Crippen LogP contribution in [0.5, 0.6) is 0 Å². The average Bonchev–Trinajstić information content (AvgIpc) is 2.97. The van der Waals surface area contributed by atoms with E-state index in [1.165, 1.54) is 12.1 Å². The molecule has 1 N–H and O–H groups in total. The van der Waals surface area contributed by atoms with Crippen LogP contribution in [-0.2, 0) is 7.05 Å². The van der Waals surface area contributed by atoms with Crippen molar-refractivity contribution in [3.05, 3.63) is 54.1 Å². The molecule has 0 radical (unpaired) electrons. The summed E-state index contributed by atoms with van der Waals surface area (Å²) in [7, 11) is 3.78. The van der Waals surface area contributed by atoms with Crippen molar-refractivity contribution in [2.75, 3.05) is 7.05 Å². The second-order valence-corrected chi connectivity index (χ2v) is 4.48. The fraction of sp³-hybridized carbons (Fsp3) is 0.214. The molecule has 98 valence electrons. The van der Waals surface area contributed by atoms with E-state index in [0.717, 1.165) is 16.8 Å². The summed E-state index contributed by atoms with van der Waals surface area (Å²) in [5.41, 5.74) is 1.67. The maximum Gasteiger partial charge on any atom is 0.134 e. The first-order valence-corrected chi connectivity index (χ1v) is 6.01. The normalized spacial score (nSPS) is 13.0. The summed E-state index contributed by atoms with van der Waals surface area (Å²) in [4.78, 5) is 4.11. The van der Waals surface area contributed by atoms with E-state index in [1.807, 2.05) is 24.7 Å². The number of nitrogens with zero attached hydrogens (tertiary/aromatic N) is 2. The fourth-order valence-corrected chi connectivity index (χ4v) is 2.26. The van der Waals surface area contributed by atoms with Crippen LogP contribution >= 0.6 is 0 Å². The van der Waals surface area contributed by atoms with Crippen LogP contribution in [0, 0.1) is 5.82 Å². The molecular formula is C14H14FN3O. The molecule has 0 fully saturated rings. The lowest BCUT2D eigenvalue weighted by Crippen LogP contribution is -2.19. The Morgan fingerprint density at radius 1 is 1.37 bits per heavy atom. The van der Waals surface area contributed by atoms with Crippen molar-refractivity contribution >= 4 is 11.0 Å². The van der Waals surface area contributed by atoms with Crippen LogP contribution in [0.2, 0.25) is 0 Å². The average molecular weight is 259 g/mol. The summed E-state index contributed by atoms with van der Waals surface area (Å²) in [6, 6.07) is 6.26. The Hall–Kier alpha value is -2.14. The SMILES string of the molecule is CNC(c1cc2cc(F)ccc2o1)c1cncn1C. The summed E-state index contributed by atoms with van der Waals surface area (Å²) < 4.78 is 20.9. The molecule has 0 aliphatic carbocycles. The van der Waals surface area contributed by atoms with Crippen molar-refractivity contribution in [3.63, 3.8) is 0 Å². The highest BCUT2D eigenvalue weighted by molar-refractivity contribution is 5.78. The molecule has 0 aliphatic heterocycles. The Bertz CT molecular complexity index is 716. The Morgan fingerprint density at radius 2 is 2.21 bits per heavy atom. The van der Waals surface area contributed by atoms with E-state index in [2.05, 4.69) is 10.3 Å². The molecule has 3 aromatic rings. The number of aromatic nitrogens is 2. The minimum absolute atomic E-state index is 0.108. The predicted octanol–water partition coefficient (Wildman–Crippen LogP) is 2.61. The monoisotopic (exact) mass is 259 g/mol. The number of imidazole rings is 1. The Morgan fingerprint density at radius 3 is 2.89 bits per heavy atom. The second kappa shape index (κ2) is 4.51. The molecule has 1 atom stereocenters. The van der Waals surface area contributed by atoms with Gasteiger partial charge in [0.1, 0.15) is 23.2 Å². The number of hydrogen-bond donors (Lipinski definition) is 1. The standard InChI is InChI=1S/C14H14FN3O/c1-16-14(11-7-17-8-18(11)2)13-6-9-5-10(15)3-4-12(9)19-13/h3-8,14,16H,1-2H3. The minimum atomic E-state index is -0.263. The Labute approximate surface area is 109 Å². The van der Waals surface area contributed by atoms with Gasteiger partial charge in [0.05, 0.1) is 18.2 Å². The number of rotatable bonds is 3. The predicted molar refractivity (Wildman–Crippen MR) is 70.3 cm³/mol. The third-order valence-corrected chi connectivity index (χ3v) is 3.22. The zero-order valence-corrected chi connectivity index (χ0v) is 10.7. The van der Waals surface area contributed by atoms with E-state index < -0.39 is 0 Å². The molecular weight excluding hydrogens is 245 g/mol. The van der Waals surface area contributed by atoms with Gasteiger partial charge >= 0.3 is 0 Å². The molecule has 0 spiro atoms. The van der Waals surface area contributed by atoms with Crippen LogP contribution in [0.25, 0.3) is 11.0 Å². The van der Waals surface area contributed by atoms with E-state index in [1.54, 1.807) is 18.6 Å². The zero-order chi connectivity index (χ0) is 13.4. The number of benzene rings is 1. The Balaban J connectivity index is 2.09. The van der Waals surface area contributed by atoms with Gasteiger partial charge in [-0.25, -0.2) is 9.37 Å². The topological polar surface area (TPSA) is 43.0 Å². The summed E-state index contributed by atoms with van der Waals surface area (Å²) in [5, 5.41) is 3.95. The van der Waals surface area contributed by atoms with Gasteiger partial charge in [0.2, 0.25) is 0 Å². The molecule has 5 heteroatoms. The third-order valence-electron chi connectivity index (χ3n) is 3.22. The molecule has 3 rings (SSSR count). The summed E-state index contributed by atoms with van der Waals surface area (Å²) >= 11 is 0. The first-order valence-electron chi connectivity index (χ1n) is 6.01. The maximum atomic E-state index is 13.2. The van der Waals surface area contributed by atoms with Gasteiger partial charge in [0, 0.05) is 12.4 Å². The molecule has 1 unspecified atom stereocenters. The maximum absolute atomic E-state index is 13.2. The summed E-state index contributed by atoms with van der Waals surface area (Å²) in [5.74, 6) is 0.480. The Kier molecular flexibility index (Phi) is 2.83. The van der Waals surface area contributed by atoms with Crippen LogP contribution in [0.3, 0.4) is 0 Å². The van der Waals surface area contributed by atoms with E-state index in [4.69, 9.17) is 4.42 Å². The molecule has 0 bridgehead atoms. The van der Waals surface area contributed by atoms with Crippen molar-refractivity contribution in [2.45, 2.75) is 6.04 Å². The van der Waals surface area contributed by atoms with Crippen LogP contribution in [0.15, 0.2) is 41.2 Å². The van der Waals surface area contributed by atoms with E-state index >= 15 is 0 Å². The number of fused-ring (bicyclic) bond motifs is 1. The van der Waals surface area contributed by atoms with Crippen molar-refractivity contribution in [2.24, 2.45) is 7.05 Å². The van der Waals surface area contributed by atoms with Crippen LogP contribution in [0.4, 0.5) is 4.39 Å². The van der Waals surface area contributed by atoms with Gasteiger partial charge in [-0.3, -0.25) is 0 Å².